The van der Waals surface area contributed by atoms with E-state index in [0.717, 1.165) is 6.42 Å². The fourth-order valence-electron chi connectivity index (χ4n) is 1.26. The van der Waals surface area contributed by atoms with Gasteiger partial charge >= 0.3 is 0 Å². The standard InChI is InChI=1S/C10H16ClN3O/c1-3-10(2,4-5-15)14-9-8(11)6-12-7-13-9/h6-7,15H,3-5H2,1-2H3,(H,12,13,14). The maximum absolute atomic E-state index is 8.97. The summed E-state index contributed by atoms with van der Waals surface area (Å²) in [7, 11) is 0. The molecule has 1 rings (SSSR count). The molecule has 0 fully saturated rings. The number of aliphatic hydroxyl groups is 1. The Morgan fingerprint density at radius 1 is 1.60 bits per heavy atom. The molecule has 0 radical (unpaired) electrons. The molecule has 5 heteroatoms. The zero-order chi connectivity index (χ0) is 11.3. The third kappa shape index (κ3) is 3.32. The summed E-state index contributed by atoms with van der Waals surface area (Å²) in [6.07, 6.45) is 4.53. The highest BCUT2D eigenvalue weighted by Crippen LogP contribution is 2.24. The molecule has 4 nitrogen and oxygen atoms in total. The molecule has 0 amide bonds. The molecule has 1 heterocycles. The topological polar surface area (TPSA) is 58.0 Å². The number of halogens is 1. The van der Waals surface area contributed by atoms with Crippen molar-refractivity contribution < 1.29 is 5.11 Å². The molecule has 1 unspecified atom stereocenters. The first-order chi connectivity index (χ1) is 7.11. The molecule has 84 valence electrons. The highest BCUT2D eigenvalue weighted by Gasteiger charge is 2.22. The summed E-state index contributed by atoms with van der Waals surface area (Å²) in [5.74, 6) is 0.615. The van der Waals surface area contributed by atoms with E-state index in [1.165, 1.54) is 6.33 Å². The van der Waals surface area contributed by atoms with Gasteiger partial charge in [-0.05, 0) is 19.8 Å². The maximum Gasteiger partial charge on any atom is 0.148 e. The Labute approximate surface area is 94.7 Å². The number of nitrogens with one attached hydrogen (secondary N) is 1. The SMILES string of the molecule is CCC(C)(CCO)Nc1ncncc1Cl. The molecular formula is C10H16ClN3O. The number of rotatable bonds is 5. The average molecular weight is 230 g/mol. The van der Waals surface area contributed by atoms with Crippen LogP contribution >= 0.6 is 11.6 Å². The van der Waals surface area contributed by atoms with E-state index in [-0.39, 0.29) is 12.1 Å². The van der Waals surface area contributed by atoms with Crippen LogP contribution in [0.15, 0.2) is 12.5 Å². The summed E-state index contributed by atoms with van der Waals surface area (Å²) in [4.78, 5) is 7.87. The van der Waals surface area contributed by atoms with E-state index in [0.29, 0.717) is 17.3 Å². The summed E-state index contributed by atoms with van der Waals surface area (Å²) in [5, 5.41) is 12.7. The molecule has 0 saturated carbocycles. The number of hydrogen-bond acceptors (Lipinski definition) is 4. The van der Waals surface area contributed by atoms with Crippen LogP contribution in [0.2, 0.25) is 5.02 Å². The third-order valence-electron chi connectivity index (χ3n) is 2.53. The van der Waals surface area contributed by atoms with Crippen LogP contribution in [0.5, 0.6) is 0 Å². The summed E-state index contributed by atoms with van der Waals surface area (Å²) >= 11 is 5.94. The van der Waals surface area contributed by atoms with Crippen molar-refractivity contribution in [3.63, 3.8) is 0 Å². The van der Waals surface area contributed by atoms with Gasteiger partial charge < -0.3 is 10.4 Å². The van der Waals surface area contributed by atoms with Crippen LogP contribution in [0.25, 0.3) is 0 Å². The lowest BCUT2D eigenvalue weighted by Crippen LogP contribution is -2.35. The second-order valence-corrected chi connectivity index (χ2v) is 4.14. The fraction of sp³-hybridized carbons (Fsp3) is 0.600. The lowest BCUT2D eigenvalue weighted by Gasteiger charge is -2.29. The van der Waals surface area contributed by atoms with Crippen molar-refractivity contribution in [3.8, 4) is 0 Å². The first-order valence-corrected chi connectivity index (χ1v) is 5.33. The zero-order valence-electron chi connectivity index (χ0n) is 9.00. The molecule has 0 aliphatic rings. The van der Waals surface area contributed by atoms with E-state index in [4.69, 9.17) is 16.7 Å². The highest BCUT2D eigenvalue weighted by atomic mass is 35.5. The van der Waals surface area contributed by atoms with Crippen LogP contribution in [0, 0.1) is 0 Å². The molecule has 2 N–H and O–H groups in total. The molecule has 15 heavy (non-hydrogen) atoms. The van der Waals surface area contributed by atoms with Crippen LogP contribution in [-0.2, 0) is 0 Å². The molecule has 0 aliphatic carbocycles. The van der Waals surface area contributed by atoms with E-state index in [9.17, 15) is 0 Å². The quantitative estimate of drug-likeness (QED) is 0.812. The van der Waals surface area contributed by atoms with Crippen molar-refractivity contribution in [1.82, 2.24) is 9.97 Å². The summed E-state index contributed by atoms with van der Waals surface area (Å²) in [6.45, 7) is 4.22. The second-order valence-electron chi connectivity index (χ2n) is 3.73. The third-order valence-corrected chi connectivity index (χ3v) is 2.81. The van der Waals surface area contributed by atoms with Gasteiger partial charge in [0, 0.05) is 12.1 Å². The summed E-state index contributed by atoms with van der Waals surface area (Å²) < 4.78 is 0. The number of hydrogen-bond donors (Lipinski definition) is 2. The van der Waals surface area contributed by atoms with E-state index >= 15 is 0 Å². The molecule has 1 aromatic heterocycles. The van der Waals surface area contributed by atoms with Crippen molar-refractivity contribution >= 4 is 17.4 Å². The van der Waals surface area contributed by atoms with Gasteiger partial charge in [0.25, 0.3) is 0 Å². The smallest absolute Gasteiger partial charge is 0.148 e. The van der Waals surface area contributed by atoms with Crippen LogP contribution in [0.4, 0.5) is 5.82 Å². The molecule has 0 bridgehead atoms. The summed E-state index contributed by atoms with van der Waals surface area (Å²) in [6, 6.07) is 0. The molecule has 0 aromatic carbocycles. The van der Waals surface area contributed by atoms with Gasteiger partial charge in [-0.1, -0.05) is 18.5 Å². The van der Waals surface area contributed by atoms with Crippen LogP contribution < -0.4 is 5.32 Å². The van der Waals surface area contributed by atoms with Gasteiger partial charge in [-0.3, -0.25) is 0 Å². The Hall–Kier alpha value is -0.870. The lowest BCUT2D eigenvalue weighted by molar-refractivity contribution is 0.252. The predicted molar refractivity (Wildman–Crippen MR) is 61.1 cm³/mol. The van der Waals surface area contributed by atoms with E-state index in [1.54, 1.807) is 6.20 Å². The average Bonchev–Trinajstić information content (AvgIpc) is 2.22. The van der Waals surface area contributed by atoms with Crippen molar-refractivity contribution in [3.05, 3.63) is 17.5 Å². The van der Waals surface area contributed by atoms with Crippen molar-refractivity contribution in [2.75, 3.05) is 11.9 Å². The van der Waals surface area contributed by atoms with Gasteiger partial charge in [-0.25, -0.2) is 9.97 Å². The van der Waals surface area contributed by atoms with Gasteiger partial charge in [-0.2, -0.15) is 0 Å². The Morgan fingerprint density at radius 2 is 2.33 bits per heavy atom. The van der Waals surface area contributed by atoms with E-state index in [1.807, 2.05) is 6.92 Å². The number of aliphatic hydroxyl groups excluding tert-OH is 1. The zero-order valence-corrected chi connectivity index (χ0v) is 9.75. The molecule has 0 aliphatic heterocycles. The minimum atomic E-state index is -0.188. The summed E-state index contributed by atoms with van der Waals surface area (Å²) in [5.41, 5.74) is -0.188. The van der Waals surface area contributed by atoms with E-state index < -0.39 is 0 Å². The van der Waals surface area contributed by atoms with Crippen LogP contribution in [0.1, 0.15) is 26.7 Å². The molecule has 0 spiro atoms. The first kappa shape index (κ1) is 12.2. The molecular weight excluding hydrogens is 214 g/mol. The van der Waals surface area contributed by atoms with Crippen LogP contribution in [-0.4, -0.2) is 27.2 Å². The Morgan fingerprint density at radius 3 is 2.87 bits per heavy atom. The van der Waals surface area contributed by atoms with E-state index in [2.05, 4.69) is 22.2 Å². The second kappa shape index (κ2) is 5.28. The number of anilines is 1. The lowest BCUT2D eigenvalue weighted by atomic mass is 9.95. The van der Waals surface area contributed by atoms with Gasteiger partial charge in [0.05, 0.1) is 6.20 Å². The van der Waals surface area contributed by atoms with Crippen LogP contribution in [0.3, 0.4) is 0 Å². The Balaban J connectivity index is 2.79. The Kier molecular flexibility index (Phi) is 4.29. The van der Waals surface area contributed by atoms with Crippen molar-refractivity contribution in [2.45, 2.75) is 32.2 Å². The maximum atomic E-state index is 8.97. The van der Waals surface area contributed by atoms with Gasteiger partial charge in [0.1, 0.15) is 17.2 Å². The van der Waals surface area contributed by atoms with Crippen molar-refractivity contribution in [1.29, 1.82) is 0 Å². The number of aromatic nitrogens is 2. The molecule has 1 atom stereocenters. The first-order valence-electron chi connectivity index (χ1n) is 4.96. The fourth-order valence-corrected chi connectivity index (χ4v) is 1.42. The molecule has 0 saturated heterocycles. The minimum absolute atomic E-state index is 0.139. The van der Waals surface area contributed by atoms with Gasteiger partial charge in [0.2, 0.25) is 0 Å². The number of nitrogens with zero attached hydrogens (tertiary/aromatic N) is 2. The normalized spacial score (nSPS) is 14.7. The van der Waals surface area contributed by atoms with Gasteiger partial charge in [0.15, 0.2) is 0 Å². The van der Waals surface area contributed by atoms with Crippen molar-refractivity contribution in [2.24, 2.45) is 0 Å². The predicted octanol–water partition coefficient (Wildman–Crippen LogP) is 2.09. The minimum Gasteiger partial charge on any atom is -0.396 e. The highest BCUT2D eigenvalue weighted by molar-refractivity contribution is 6.32. The molecule has 1 aromatic rings. The van der Waals surface area contributed by atoms with Gasteiger partial charge in [-0.15, -0.1) is 0 Å². The monoisotopic (exact) mass is 229 g/mol. The Bertz CT molecular complexity index is 321. The largest absolute Gasteiger partial charge is 0.396 e.